The van der Waals surface area contributed by atoms with E-state index in [9.17, 15) is 4.79 Å². The number of carbonyl (C=O) groups is 1. The summed E-state index contributed by atoms with van der Waals surface area (Å²) in [5.41, 5.74) is 3.77. The summed E-state index contributed by atoms with van der Waals surface area (Å²) < 4.78 is 1.96. The molecule has 0 fully saturated rings. The fraction of sp³-hybridized carbons (Fsp3) is 0.444. The van der Waals surface area contributed by atoms with E-state index in [0.717, 1.165) is 28.4 Å². The number of nitrogens with zero attached hydrogens (tertiary/aromatic N) is 2. The first-order chi connectivity index (χ1) is 11.5. The highest BCUT2D eigenvalue weighted by Crippen LogP contribution is 2.22. The molecule has 0 saturated carbocycles. The summed E-state index contributed by atoms with van der Waals surface area (Å²) >= 11 is 1.57. The van der Waals surface area contributed by atoms with Crippen LogP contribution in [0.5, 0.6) is 0 Å². The summed E-state index contributed by atoms with van der Waals surface area (Å²) in [6, 6.07) is 7.35. The molecule has 0 radical (unpaired) electrons. The van der Waals surface area contributed by atoms with Gasteiger partial charge in [0.05, 0.1) is 18.3 Å². The number of hydrogen-bond donors (Lipinski definition) is 2. The van der Waals surface area contributed by atoms with Crippen molar-refractivity contribution in [3.8, 4) is 0 Å². The van der Waals surface area contributed by atoms with E-state index in [4.69, 9.17) is 5.11 Å². The number of aryl methyl sites for hydroxylation is 2. The van der Waals surface area contributed by atoms with Gasteiger partial charge in [-0.15, -0.1) is 11.8 Å². The summed E-state index contributed by atoms with van der Waals surface area (Å²) in [5.74, 6) is 0.562. The number of nitrogens with one attached hydrogen (secondary N) is 1. The summed E-state index contributed by atoms with van der Waals surface area (Å²) in [5, 5.41) is 16.4. The highest BCUT2D eigenvalue weighted by atomic mass is 32.2. The standard InChI is InChI=1S/C18H25N3O2S/c1-5-21-14(4)17(13(3)20-21)12(2)19-18(23)15-6-8-16(9-7-15)24-11-10-22/h6-9,12,22H,5,10-11H2,1-4H3,(H,19,23)/t12-/m1/s1. The number of hydrogen-bond acceptors (Lipinski definition) is 4. The lowest BCUT2D eigenvalue weighted by Gasteiger charge is -2.15. The third-order valence-corrected chi connectivity index (χ3v) is 4.99. The fourth-order valence-corrected chi connectivity index (χ4v) is 3.52. The van der Waals surface area contributed by atoms with Gasteiger partial charge in [0, 0.05) is 34.0 Å². The van der Waals surface area contributed by atoms with Crippen LogP contribution in [-0.2, 0) is 6.54 Å². The van der Waals surface area contributed by atoms with E-state index in [1.165, 1.54) is 0 Å². The van der Waals surface area contributed by atoms with Crippen molar-refractivity contribution >= 4 is 17.7 Å². The normalized spacial score (nSPS) is 12.2. The van der Waals surface area contributed by atoms with E-state index in [1.54, 1.807) is 11.8 Å². The van der Waals surface area contributed by atoms with Crippen LogP contribution in [0.1, 0.15) is 47.2 Å². The Kier molecular flexibility index (Phi) is 6.45. The van der Waals surface area contributed by atoms with E-state index in [0.29, 0.717) is 11.3 Å². The third-order valence-electron chi connectivity index (χ3n) is 3.99. The van der Waals surface area contributed by atoms with E-state index < -0.39 is 0 Å². The third kappa shape index (κ3) is 4.19. The Morgan fingerprint density at radius 3 is 2.54 bits per heavy atom. The fourth-order valence-electron chi connectivity index (χ4n) is 2.86. The van der Waals surface area contributed by atoms with Gasteiger partial charge in [-0.1, -0.05) is 0 Å². The van der Waals surface area contributed by atoms with Gasteiger partial charge in [0.25, 0.3) is 5.91 Å². The van der Waals surface area contributed by atoms with E-state index >= 15 is 0 Å². The number of amides is 1. The molecule has 5 nitrogen and oxygen atoms in total. The number of aliphatic hydroxyl groups is 1. The van der Waals surface area contributed by atoms with E-state index in [2.05, 4.69) is 17.3 Å². The molecule has 1 aromatic carbocycles. The van der Waals surface area contributed by atoms with Crippen molar-refractivity contribution in [2.24, 2.45) is 0 Å². The van der Waals surface area contributed by atoms with Crippen molar-refractivity contribution in [1.29, 1.82) is 0 Å². The van der Waals surface area contributed by atoms with Crippen LogP contribution in [0.3, 0.4) is 0 Å². The lowest BCUT2D eigenvalue weighted by atomic mass is 10.1. The zero-order valence-corrected chi connectivity index (χ0v) is 15.5. The van der Waals surface area contributed by atoms with Gasteiger partial charge in [-0.25, -0.2) is 0 Å². The second-order valence-electron chi connectivity index (χ2n) is 5.69. The maximum absolute atomic E-state index is 12.5. The number of benzene rings is 1. The minimum absolute atomic E-state index is 0.0933. The van der Waals surface area contributed by atoms with Crippen LogP contribution in [0, 0.1) is 13.8 Å². The molecule has 1 amide bonds. The van der Waals surface area contributed by atoms with E-state index in [-0.39, 0.29) is 18.6 Å². The van der Waals surface area contributed by atoms with Crippen LogP contribution >= 0.6 is 11.8 Å². The molecule has 1 atom stereocenters. The van der Waals surface area contributed by atoms with Gasteiger partial charge in [-0.3, -0.25) is 9.48 Å². The molecule has 0 spiro atoms. The van der Waals surface area contributed by atoms with Gasteiger partial charge < -0.3 is 10.4 Å². The average Bonchev–Trinajstić information content (AvgIpc) is 2.87. The summed E-state index contributed by atoms with van der Waals surface area (Å²) in [6.07, 6.45) is 0. The quantitative estimate of drug-likeness (QED) is 0.755. The Morgan fingerprint density at radius 2 is 2.00 bits per heavy atom. The Bertz CT molecular complexity index is 695. The molecule has 0 aliphatic rings. The van der Waals surface area contributed by atoms with Crippen LogP contribution in [0.25, 0.3) is 0 Å². The predicted molar refractivity (Wildman–Crippen MR) is 97.5 cm³/mol. The molecule has 130 valence electrons. The molecule has 24 heavy (non-hydrogen) atoms. The number of carbonyl (C=O) groups excluding carboxylic acids is 1. The maximum atomic E-state index is 12.5. The molecule has 2 N–H and O–H groups in total. The smallest absolute Gasteiger partial charge is 0.251 e. The van der Waals surface area contributed by atoms with Crippen molar-refractivity contribution in [3.63, 3.8) is 0 Å². The zero-order chi connectivity index (χ0) is 17.7. The van der Waals surface area contributed by atoms with Crippen LogP contribution < -0.4 is 5.32 Å². The molecule has 0 unspecified atom stereocenters. The number of aromatic nitrogens is 2. The minimum atomic E-state index is -0.0961. The summed E-state index contributed by atoms with van der Waals surface area (Å²) in [7, 11) is 0. The summed E-state index contributed by atoms with van der Waals surface area (Å²) in [4.78, 5) is 13.5. The van der Waals surface area contributed by atoms with Gasteiger partial charge in [-0.2, -0.15) is 5.10 Å². The Labute approximate surface area is 147 Å². The molecular formula is C18H25N3O2S. The molecule has 0 aliphatic carbocycles. The first-order valence-corrected chi connectivity index (χ1v) is 9.15. The number of rotatable bonds is 7. The molecule has 0 aliphatic heterocycles. The maximum Gasteiger partial charge on any atom is 0.251 e. The van der Waals surface area contributed by atoms with Gasteiger partial charge in [-0.05, 0) is 52.0 Å². The zero-order valence-electron chi connectivity index (χ0n) is 14.7. The van der Waals surface area contributed by atoms with Crippen molar-refractivity contribution in [2.75, 3.05) is 12.4 Å². The monoisotopic (exact) mass is 347 g/mol. The van der Waals surface area contributed by atoms with Crippen LogP contribution in [0.15, 0.2) is 29.2 Å². The van der Waals surface area contributed by atoms with Crippen molar-refractivity contribution in [1.82, 2.24) is 15.1 Å². The molecule has 0 saturated heterocycles. The van der Waals surface area contributed by atoms with E-state index in [1.807, 2.05) is 49.7 Å². The van der Waals surface area contributed by atoms with Gasteiger partial charge in [0.15, 0.2) is 0 Å². The lowest BCUT2D eigenvalue weighted by Crippen LogP contribution is -2.27. The van der Waals surface area contributed by atoms with Crippen LogP contribution in [0.2, 0.25) is 0 Å². The Morgan fingerprint density at radius 1 is 1.33 bits per heavy atom. The first kappa shape index (κ1) is 18.5. The highest BCUT2D eigenvalue weighted by Gasteiger charge is 2.19. The average molecular weight is 347 g/mol. The minimum Gasteiger partial charge on any atom is -0.396 e. The second-order valence-corrected chi connectivity index (χ2v) is 6.86. The predicted octanol–water partition coefficient (Wildman–Crippen LogP) is 3.10. The molecule has 0 bridgehead atoms. The number of aliphatic hydroxyl groups excluding tert-OH is 1. The highest BCUT2D eigenvalue weighted by molar-refractivity contribution is 7.99. The van der Waals surface area contributed by atoms with Crippen molar-refractivity contribution in [2.45, 2.75) is 45.2 Å². The number of thioether (sulfide) groups is 1. The topological polar surface area (TPSA) is 67.2 Å². The largest absolute Gasteiger partial charge is 0.396 e. The van der Waals surface area contributed by atoms with Crippen LogP contribution in [-0.4, -0.2) is 33.2 Å². The molecule has 1 aromatic heterocycles. The van der Waals surface area contributed by atoms with Crippen LogP contribution in [0.4, 0.5) is 0 Å². The lowest BCUT2D eigenvalue weighted by molar-refractivity contribution is 0.0939. The summed E-state index contributed by atoms with van der Waals surface area (Å²) in [6.45, 7) is 9.02. The van der Waals surface area contributed by atoms with Gasteiger partial charge in [0.2, 0.25) is 0 Å². The van der Waals surface area contributed by atoms with Gasteiger partial charge in [0.1, 0.15) is 0 Å². The first-order valence-electron chi connectivity index (χ1n) is 8.16. The second kappa shape index (κ2) is 8.35. The molecule has 6 heteroatoms. The molecular weight excluding hydrogens is 322 g/mol. The molecule has 1 heterocycles. The Hall–Kier alpha value is -1.79. The molecule has 2 aromatic rings. The van der Waals surface area contributed by atoms with Crippen molar-refractivity contribution < 1.29 is 9.90 Å². The van der Waals surface area contributed by atoms with Crippen molar-refractivity contribution in [3.05, 3.63) is 46.8 Å². The molecule has 2 rings (SSSR count). The SMILES string of the molecule is CCn1nc(C)c([C@@H](C)NC(=O)c2ccc(SCCO)cc2)c1C. The Balaban J connectivity index is 2.07. The van der Waals surface area contributed by atoms with Gasteiger partial charge >= 0.3 is 0 Å².